The van der Waals surface area contributed by atoms with E-state index in [1.54, 1.807) is 33.5 Å². The Hall–Kier alpha value is -2.41. The lowest BCUT2D eigenvalue weighted by molar-refractivity contribution is -0.132. The Labute approximate surface area is 162 Å². The minimum Gasteiger partial charge on any atom is -0.339 e. The normalized spacial score (nSPS) is 14.5. The molecule has 0 atom stereocenters. The maximum Gasteiger partial charge on any atom is 0.259 e. The van der Waals surface area contributed by atoms with E-state index in [4.69, 9.17) is 11.6 Å². The van der Waals surface area contributed by atoms with Crippen LogP contribution >= 0.6 is 11.6 Å². The van der Waals surface area contributed by atoms with Crippen LogP contribution in [-0.2, 0) is 11.3 Å². The summed E-state index contributed by atoms with van der Waals surface area (Å²) in [7, 11) is 0. The van der Waals surface area contributed by atoms with E-state index >= 15 is 0 Å². The van der Waals surface area contributed by atoms with Crippen molar-refractivity contribution in [2.45, 2.75) is 26.8 Å². The fourth-order valence-electron chi connectivity index (χ4n) is 3.20. The van der Waals surface area contributed by atoms with E-state index in [0.717, 1.165) is 5.56 Å². The van der Waals surface area contributed by atoms with Crippen molar-refractivity contribution in [3.05, 3.63) is 52.1 Å². The van der Waals surface area contributed by atoms with Gasteiger partial charge in [0.2, 0.25) is 5.91 Å². The number of piperazine rings is 1. The second-order valence-electron chi connectivity index (χ2n) is 6.56. The highest BCUT2D eigenvalue weighted by atomic mass is 35.5. The van der Waals surface area contributed by atoms with E-state index in [1.165, 1.54) is 12.1 Å². The number of aromatic nitrogens is 2. The molecule has 0 N–H and O–H groups in total. The fraction of sp³-hybridized carbons (Fsp3) is 0.421. The zero-order valence-electron chi connectivity index (χ0n) is 15.4. The zero-order valence-corrected chi connectivity index (χ0v) is 16.2. The highest BCUT2D eigenvalue weighted by molar-refractivity contribution is 6.33. The van der Waals surface area contributed by atoms with Gasteiger partial charge in [-0.05, 0) is 24.6 Å². The van der Waals surface area contributed by atoms with Gasteiger partial charge in [0, 0.05) is 32.6 Å². The first kappa shape index (κ1) is 19.4. The number of rotatable bonds is 4. The first-order valence-corrected chi connectivity index (χ1v) is 9.33. The summed E-state index contributed by atoms with van der Waals surface area (Å²) >= 11 is 6.44. The molecular weight excluding hydrogens is 371 g/mol. The molecule has 1 aromatic carbocycles. The minimum absolute atomic E-state index is 0.100. The van der Waals surface area contributed by atoms with Crippen molar-refractivity contribution in [3.63, 3.8) is 0 Å². The smallest absolute Gasteiger partial charge is 0.259 e. The molecule has 2 heterocycles. The van der Waals surface area contributed by atoms with Gasteiger partial charge in [-0.1, -0.05) is 30.7 Å². The number of amides is 2. The SMILES string of the molecule is CCC(=O)N1CCN(C(=O)c2c(C)nn(Cc3ccc(F)cc3)c2Cl)CC1. The molecule has 1 fully saturated rings. The topological polar surface area (TPSA) is 58.4 Å². The van der Waals surface area contributed by atoms with Gasteiger partial charge in [-0.15, -0.1) is 0 Å². The van der Waals surface area contributed by atoms with Crippen LogP contribution in [0.15, 0.2) is 24.3 Å². The first-order valence-electron chi connectivity index (χ1n) is 8.95. The molecule has 1 saturated heterocycles. The van der Waals surface area contributed by atoms with Crippen LogP contribution in [0, 0.1) is 12.7 Å². The second-order valence-corrected chi connectivity index (χ2v) is 6.92. The molecule has 1 aromatic heterocycles. The van der Waals surface area contributed by atoms with Crippen LogP contribution in [0.25, 0.3) is 0 Å². The number of nitrogens with zero attached hydrogens (tertiary/aromatic N) is 4. The van der Waals surface area contributed by atoms with Gasteiger partial charge in [0.1, 0.15) is 11.0 Å². The monoisotopic (exact) mass is 392 g/mol. The van der Waals surface area contributed by atoms with Crippen LogP contribution in [0.3, 0.4) is 0 Å². The van der Waals surface area contributed by atoms with Gasteiger partial charge in [-0.2, -0.15) is 5.10 Å². The molecule has 0 unspecified atom stereocenters. The Balaban J connectivity index is 1.73. The summed E-state index contributed by atoms with van der Waals surface area (Å²) in [6, 6.07) is 6.08. The first-order chi connectivity index (χ1) is 12.9. The van der Waals surface area contributed by atoms with Gasteiger partial charge in [0.25, 0.3) is 5.91 Å². The van der Waals surface area contributed by atoms with Crippen molar-refractivity contribution in [1.29, 1.82) is 0 Å². The number of carbonyl (C=O) groups excluding carboxylic acids is 2. The molecule has 6 nitrogen and oxygen atoms in total. The summed E-state index contributed by atoms with van der Waals surface area (Å²) in [6.07, 6.45) is 0.467. The van der Waals surface area contributed by atoms with Gasteiger partial charge in [0.15, 0.2) is 0 Å². The largest absolute Gasteiger partial charge is 0.339 e. The van der Waals surface area contributed by atoms with Gasteiger partial charge < -0.3 is 9.80 Å². The Bertz CT molecular complexity index is 842. The van der Waals surface area contributed by atoms with Crippen molar-refractivity contribution >= 4 is 23.4 Å². The third-order valence-corrected chi connectivity index (χ3v) is 5.13. The molecule has 3 rings (SSSR count). The second kappa shape index (κ2) is 8.08. The summed E-state index contributed by atoms with van der Waals surface area (Å²) in [5.41, 5.74) is 1.78. The van der Waals surface area contributed by atoms with E-state index in [0.29, 0.717) is 50.4 Å². The zero-order chi connectivity index (χ0) is 19.6. The molecule has 0 aliphatic carbocycles. The molecule has 0 spiro atoms. The van der Waals surface area contributed by atoms with Crippen LogP contribution in [0.2, 0.25) is 5.15 Å². The number of carbonyl (C=O) groups is 2. The molecule has 144 valence electrons. The third kappa shape index (κ3) is 4.13. The Morgan fingerprint density at radius 2 is 1.70 bits per heavy atom. The molecule has 2 amide bonds. The van der Waals surface area contributed by atoms with Gasteiger partial charge >= 0.3 is 0 Å². The molecule has 8 heteroatoms. The molecule has 0 saturated carbocycles. The number of hydrogen-bond acceptors (Lipinski definition) is 3. The van der Waals surface area contributed by atoms with Crippen molar-refractivity contribution in [1.82, 2.24) is 19.6 Å². The molecule has 27 heavy (non-hydrogen) atoms. The van der Waals surface area contributed by atoms with Crippen LogP contribution in [0.1, 0.15) is 35.0 Å². The standard InChI is InChI=1S/C19H22ClFN4O2/c1-3-16(26)23-8-10-24(11-9-23)19(27)17-13(2)22-25(18(17)20)12-14-4-6-15(21)7-5-14/h4-7H,3,8-12H2,1-2H3. The number of halogens is 2. The van der Waals surface area contributed by atoms with Gasteiger partial charge in [-0.25, -0.2) is 9.07 Å². The molecule has 1 aliphatic rings. The summed E-state index contributed by atoms with van der Waals surface area (Å²) in [5.74, 6) is -0.382. The highest BCUT2D eigenvalue weighted by Crippen LogP contribution is 2.23. The molecule has 0 radical (unpaired) electrons. The van der Waals surface area contributed by atoms with Crippen LogP contribution in [-0.4, -0.2) is 57.6 Å². The summed E-state index contributed by atoms with van der Waals surface area (Å²) < 4.78 is 14.6. The van der Waals surface area contributed by atoms with Crippen LogP contribution < -0.4 is 0 Å². The average Bonchev–Trinajstić information content (AvgIpc) is 2.95. The summed E-state index contributed by atoms with van der Waals surface area (Å²) in [5, 5.41) is 4.65. The Morgan fingerprint density at radius 1 is 1.11 bits per heavy atom. The van der Waals surface area contributed by atoms with Gasteiger partial charge in [0.05, 0.1) is 17.8 Å². The maximum atomic E-state index is 13.1. The van der Waals surface area contributed by atoms with Crippen molar-refractivity contribution < 1.29 is 14.0 Å². The number of aryl methyl sites for hydroxylation is 1. The van der Waals surface area contributed by atoms with Crippen molar-refractivity contribution in [3.8, 4) is 0 Å². The fourth-order valence-corrected chi connectivity index (χ4v) is 3.52. The summed E-state index contributed by atoms with van der Waals surface area (Å²) in [6.45, 7) is 5.94. The predicted molar refractivity (Wildman–Crippen MR) is 100 cm³/mol. The van der Waals surface area contributed by atoms with Crippen molar-refractivity contribution in [2.75, 3.05) is 26.2 Å². The number of benzene rings is 1. The lowest BCUT2D eigenvalue weighted by atomic mass is 10.2. The molecule has 2 aromatic rings. The van der Waals surface area contributed by atoms with E-state index in [-0.39, 0.29) is 22.8 Å². The lowest BCUT2D eigenvalue weighted by Crippen LogP contribution is -2.50. The van der Waals surface area contributed by atoms with E-state index in [2.05, 4.69) is 5.10 Å². The van der Waals surface area contributed by atoms with E-state index in [9.17, 15) is 14.0 Å². The minimum atomic E-state index is -0.307. The lowest BCUT2D eigenvalue weighted by Gasteiger charge is -2.34. The van der Waals surface area contributed by atoms with Crippen LogP contribution in [0.4, 0.5) is 4.39 Å². The average molecular weight is 393 g/mol. The van der Waals surface area contributed by atoms with Crippen molar-refractivity contribution in [2.24, 2.45) is 0 Å². The van der Waals surface area contributed by atoms with Gasteiger partial charge in [-0.3, -0.25) is 9.59 Å². The molecular formula is C19H22ClFN4O2. The highest BCUT2D eigenvalue weighted by Gasteiger charge is 2.28. The van der Waals surface area contributed by atoms with E-state index in [1.807, 2.05) is 6.92 Å². The maximum absolute atomic E-state index is 13.1. The third-order valence-electron chi connectivity index (χ3n) is 4.75. The molecule has 0 bridgehead atoms. The quantitative estimate of drug-likeness (QED) is 0.803. The Morgan fingerprint density at radius 3 is 2.30 bits per heavy atom. The Kier molecular flexibility index (Phi) is 5.79. The predicted octanol–water partition coefficient (Wildman–Crippen LogP) is 2.73. The number of hydrogen-bond donors (Lipinski definition) is 0. The summed E-state index contributed by atoms with van der Waals surface area (Å²) in [4.78, 5) is 28.2. The van der Waals surface area contributed by atoms with Crippen LogP contribution in [0.5, 0.6) is 0 Å². The molecule has 1 aliphatic heterocycles. The van der Waals surface area contributed by atoms with E-state index < -0.39 is 0 Å².